The maximum atomic E-state index is 13.2. The molecule has 2 aromatic rings. The summed E-state index contributed by atoms with van der Waals surface area (Å²) in [6.07, 6.45) is 1.18. The highest BCUT2D eigenvalue weighted by Gasteiger charge is 2.35. The van der Waals surface area contributed by atoms with E-state index in [0.717, 1.165) is 29.3 Å². The highest BCUT2D eigenvalue weighted by Crippen LogP contribution is 2.36. The SMILES string of the molecule is Cc1ncc(NC(=O)C(=O)N2C[C@H](C)CC[C@H]2c2ccc3c(c2)CCC(=O)N3)cc1C(F)F. The first-order chi connectivity index (χ1) is 15.7. The van der Waals surface area contributed by atoms with E-state index in [-0.39, 0.29) is 34.8 Å². The molecule has 7 nitrogen and oxygen atoms in total. The summed E-state index contributed by atoms with van der Waals surface area (Å²) in [6, 6.07) is 6.57. The molecule has 1 aromatic carbocycles. The molecule has 0 radical (unpaired) electrons. The fourth-order valence-corrected chi connectivity index (χ4v) is 4.49. The first-order valence-corrected chi connectivity index (χ1v) is 11.0. The number of anilines is 2. The summed E-state index contributed by atoms with van der Waals surface area (Å²) in [5, 5.41) is 5.28. The number of nitrogens with zero attached hydrogens (tertiary/aromatic N) is 2. The maximum Gasteiger partial charge on any atom is 0.313 e. The van der Waals surface area contributed by atoms with E-state index in [1.165, 1.54) is 13.1 Å². The number of pyridine rings is 1. The molecule has 1 aromatic heterocycles. The Bertz CT molecular complexity index is 1110. The highest BCUT2D eigenvalue weighted by atomic mass is 19.3. The highest BCUT2D eigenvalue weighted by molar-refractivity contribution is 6.39. The summed E-state index contributed by atoms with van der Waals surface area (Å²) in [5.41, 5.74) is 2.63. The number of likely N-dealkylation sites (tertiary alicyclic amines) is 1. The van der Waals surface area contributed by atoms with Crippen LogP contribution in [-0.4, -0.2) is 34.2 Å². The van der Waals surface area contributed by atoms with Crippen molar-refractivity contribution in [1.29, 1.82) is 0 Å². The van der Waals surface area contributed by atoms with E-state index in [1.807, 2.05) is 25.1 Å². The smallest absolute Gasteiger partial charge is 0.313 e. The second-order valence-electron chi connectivity index (χ2n) is 8.77. The Labute approximate surface area is 190 Å². The number of aryl methyl sites for hydroxylation is 2. The monoisotopic (exact) mass is 456 g/mol. The molecule has 9 heteroatoms. The number of alkyl halides is 2. The van der Waals surface area contributed by atoms with Crippen LogP contribution >= 0.6 is 0 Å². The molecule has 2 atom stereocenters. The van der Waals surface area contributed by atoms with Crippen molar-refractivity contribution < 1.29 is 23.2 Å². The van der Waals surface area contributed by atoms with Gasteiger partial charge >= 0.3 is 11.8 Å². The third-order valence-electron chi connectivity index (χ3n) is 6.30. The van der Waals surface area contributed by atoms with E-state index < -0.39 is 18.2 Å². The second-order valence-corrected chi connectivity index (χ2v) is 8.77. The minimum Gasteiger partial charge on any atom is -0.327 e. The summed E-state index contributed by atoms with van der Waals surface area (Å²) in [4.78, 5) is 43.0. The third-order valence-corrected chi connectivity index (χ3v) is 6.30. The van der Waals surface area contributed by atoms with Crippen LogP contribution in [0.1, 0.15) is 61.0 Å². The lowest BCUT2D eigenvalue weighted by atomic mass is 9.88. The minimum atomic E-state index is -2.73. The fourth-order valence-electron chi connectivity index (χ4n) is 4.49. The number of rotatable bonds is 3. The molecule has 0 bridgehead atoms. The van der Waals surface area contributed by atoms with Gasteiger partial charge in [0.2, 0.25) is 5.91 Å². The normalized spacial score (nSPS) is 20.3. The van der Waals surface area contributed by atoms with Crippen molar-refractivity contribution in [3.8, 4) is 0 Å². The average molecular weight is 456 g/mol. The van der Waals surface area contributed by atoms with E-state index in [9.17, 15) is 23.2 Å². The number of piperidine rings is 1. The van der Waals surface area contributed by atoms with Gasteiger partial charge in [-0.1, -0.05) is 19.1 Å². The van der Waals surface area contributed by atoms with Gasteiger partial charge < -0.3 is 15.5 Å². The molecule has 2 aliphatic rings. The van der Waals surface area contributed by atoms with Crippen LogP contribution in [0.2, 0.25) is 0 Å². The number of carbonyl (C=O) groups is 3. The lowest BCUT2D eigenvalue weighted by Crippen LogP contribution is -2.46. The topological polar surface area (TPSA) is 91.4 Å². The van der Waals surface area contributed by atoms with Crippen molar-refractivity contribution in [2.24, 2.45) is 5.92 Å². The van der Waals surface area contributed by atoms with E-state index in [2.05, 4.69) is 15.6 Å². The summed E-state index contributed by atoms with van der Waals surface area (Å²) in [5.74, 6) is -1.39. The van der Waals surface area contributed by atoms with Gasteiger partial charge in [0.05, 0.1) is 17.9 Å². The number of carbonyl (C=O) groups excluding carboxylic acids is 3. The van der Waals surface area contributed by atoms with Crippen LogP contribution in [-0.2, 0) is 20.8 Å². The number of halogens is 2. The zero-order valence-electron chi connectivity index (χ0n) is 18.5. The molecule has 2 N–H and O–H groups in total. The van der Waals surface area contributed by atoms with Gasteiger partial charge in [-0.15, -0.1) is 0 Å². The molecule has 0 aliphatic carbocycles. The molecule has 0 unspecified atom stereocenters. The summed E-state index contributed by atoms with van der Waals surface area (Å²) in [6.45, 7) is 3.90. The Morgan fingerprint density at radius 1 is 1.21 bits per heavy atom. The number of nitrogens with one attached hydrogen (secondary N) is 2. The molecule has 4 rings (SSSR count). The molecule has 2 aliphatic heterocycles. The lowest BCUT2D eigenvalue weighted by Gasteiger charge is -2.39. The summed E-state index contributed by atoms with van der Waals surface area (Å²) >= 11 is 0. The Balaban J connectivity index is 1.55. The largest absolute Gasteiger partial charge is 0.327 e. The molecule has 174 valence electrons. The fraction of sp³-hybridized carbons (Fsp3) is 0.417. The molecular formula is C24H26F2N4O3. The van der Waals surface area contributed by atoms with E-state index >= 15 is 0 Å². The van der Waals surface area contributed by atoms with Gasteiger partial charge in [-0.25, -0.2) is 8.78 Å². The number of hydrogen-bond acceptors (Lipinski definition) is 4. The predicted octanol–water partition coefficient (Wildman–Crippen LogP) is 4.15. The van der Waals surface area contributed by atoms with Gasteiger partial charge in [0.1, 0.15) is 0 Å². The van der Waals surface area contributed by atoms with Crippen LogP contribution in [0.15, 0.2) is 30.5 Å². The van der Waals surface area contributed by atoms with Crippen LogP contribution in [0.5, 0.6) is 0 Å². The van der Waals surface area contributed by atoms with Crippen LogP contribution in [0, 0.1) is 12.8 Å². The van der Waals surface area contributed by atoms with Crippen molar-refractivity contribution in [1.82, 2.24) is 9.88 Å². The zero-order valence-corrected chi connectivity index (χ0v) is 18.5. The van der Waals surface area contributed by atoms with E-state index in [4.69, 9.17) is 0 Å². The molecule has 1 saturated heterocycles. The number of fused-ring (bicyclic) bond motifs is 1. The quantitative estimate of drug-likeness (QED) is 0.679. The first kappa shape index (κ1) is 22.8. The van der Waals surface area contributed by atoms with Gasteiger partial charge in [-0.2, -0.15) is 0 Å². The average Bonchev–Trinajstić information content (AvgIpc) is 2.79. The van der Waals surface area contributed by atoms with Crippen LogP contribution in [0.4, 0.5) is 20.2 Å². The van der Waals surface area contributed by atoms with Crippen LogP contribution in [0.25, 0.3) is 0 Å². The van der Waals surface area contributed by atoms with Crippen LogP contribution < -0.4 is 10.6 Å². The van der Waals surface area contributed by atoms with Gasteiger partial charge in [0.25, 0.3) is 6.43 Å². The number of aromatic nitrogens is 1. The number of benzene rings is 1. The van der Waals surface area contributed by atoms with Crippen molar-refractivity contribution in [3.63, 3.8) is 0 Å². The molecule has 0 saturated carbocycles. The summed E-state index contributed by atoms with van der Waals surface area (Å²) in [7, 11) is 0. The van der Waals surface area contributed by atoms with Crippen molar-refractivity contribution in [2.45, 2.75) is 52.0 Å². The van der Waals surface area contributed by atoms with Crippen LogP contribution in [0.3, 0.4) is 0 Å². The van der Waals surface area contributed by atoms with Crippen molar-refractivity contribution in [3.05, 3.63) is 52.8 Å². The Hall–Kier alpha value is -3.36. The Morgan fingerprint density at radius 3 is 2.76 bits per heavy atom. The standard InChI is InChI=1S/C24H26F2N4O3/c1-13-3-7-20(16-4-6-19-15(9-16)5-8-21(31)29-19)30(12-13)24(33)23(32)28-17-10-18(22(25)26)14(2)27-11-17/h4,6,9-11,13,20,22H,3,5,7-8,12H2,1-2H3,(H,28,32)(H,29,31)/t13-,20+/m1/s1. The third kappa shape index (κ3) is 4.86. The van der Waals surface area contributed by atoms with Gasteiger partial charge in [-0.05, 0) is 55.4 Å². The zero-order chi connectivity index (χ0) is 23.7. The number of amides is 3. The number of hydrogen-bond donors (Lipinski definition) is 2. The maximum absolute atomic E-state index is 13.2. The van der Waals surface area contributed by atoms with Crippen molar-refractivity contribution in [2.75, 3.05) is 17.2 Å². The van der Waals surface area contributed by atoms with E-state index in [0.29, 0.717) is 25.8 Å². The Morgan fingerprint density at radius 2 is 2.00 bits per heavy atom. The van der Waals surface area contributed by atoms with Crippen molar-refractivity contribution >= 4 is 29.1 Å². The minimum absolute atomic E-state index is 0.0178. The second kappa shape index (κ2) is 9.25. The molecule has 1 fully saturated rings. The molecule has 3 heterocycles. The molecule has 33 heavy (non-hydrogen) atoms. The molecular weight excluding hydrogens is 430 g/mol. The molecule has 0 spiro atoms. The molecule has 3 amide bonds. The summed E-state index contributed by atoms with van der Waals surface area (Å²) < 4.78 is 26.3. The van der Waals surface area contributed by atoms with Gasteiger partial charge in [0.15, 0.2) is 0 Å². The Kier molecular flexibility index (Phi) is 6.40. The predicted molar refractivity (Wildman–Crippen MR) is 119 cm³/mol. The van der Waals surface area contributed by atoms with E-state index in [1.54, 1.807) is 4.90 Å². The van der Waals surface area contributed by atoms with Gasteiger partial charge in [0, 0.05) is 29.9 Å². The van der Waals surface area contributed by atoms with Gasteiger partial charge in [-0.3, -0.25) is 19.4 Å². The lowest BCUT2D eigenvalue weighted by molar-refractivity contribution is -0.146. The first-order valence-electron chi connectivity index (χ1n) is 11.0.